The molecule has 0 bridgehead atoms. The molecule has 0 fully saturated rings. The first kappa shape index (κ1) is 21.5. The highest BCUT2D eigenvalue weighted by atomic mass is 35.5. The minimum absolute atomic E-state index is 0.291. The number of carbonyl (C=O) groups is 2. The third-order valence-corrected chi connectivity index (χ3v) is 5.46. The highest BCUT2D eigenvalue weighted by molar-refractivity contribution is 6.30. The highest BCUT2D eigenvalue weighted by Gasteiger charge is 2.31. The first-order valence-corrected chi connectivity index (χ1v) is 10.7. The quantitative estimate of drug-likeness (QED) is 0.239. The second kappa shape index (κ2) is 10.1. The van der Waals surface area contributed by atoms with Crippen molar-refractivity contribution in [2.45, 2.75) is 12.0 Å². The molecule has 0 spiro atoms. The second-order valence-electron chi connectivity index (χ2n) is 7.35. The van der Waals surface area contributed by atoms with E-state index < -0.39 is 18.0 Å². The molecule has 158 valence electrons. The lowest BCUT2D eigenvalue weighted by Crippen LogP contribution is -2.24. The number of rotatable bonds is 7. The molecule has 1 atom stereocenters. The van der Waals surface area contributed by atoms with E-state index in [1.54, 1.807) is 48.5 Å². The molecule has 3 nitrogen and oxygen atoms in total. The number of benzene rings is 4. The zero-order valence-electron chi connectivity index (χ0n) is 17.2. The summed E-state index contributed by atoms with van der Waals surface area (Å²) in [5, 5.41) is 0.539. The van der Waals surface area contributed by atoms with Crippen molar-refractivity contribution in [2.24, 2.45) is 0 Å². The molecule has 4 aromatic rings. The molecular weight excluding hydrogens is 420 g/mol. The minimum atomic E-state index is -1.09. The Hall–Kier alpha value is -3.69. The van der Waals surface area contributed by atoms with Gasteiger partial charge in [-0.15, -0.1) is 0 Å². The van der Waals surface area contributed by atoms with Gasteiger partial charge in [0.05, 0.1) is 0 Å². The summed E-state index contributed by atoms with van der Waals surface area (Å²) in [5.41, 5.74) is 2.63. The SMILES string of the molecule is O=C(O[C@@H](C(=O)c1ccccc1)c1ccc(Cl)cc1)C(c1ccccc1)c1ccccc1. The lowest BCUT2D eigenvalue weighted by molar-refractivity contribution is -0.148. The van der Waals surface area contributed by atoms with Gasteiger partial charge in [0.2, 0.25) is 5.78 Å². The Morgan fingerprint density at radius 2 is 1.06 bits per heavy atom. The van der Waals surface area contributed by atoms with Crippen molar-refractivity contribution < 1.29 is 14.3 Å². The first-order valence-electron chi connectivity index (χ1n) is 10.3. The van der Waals surface area contributed by atoms with Crippen molar-refractivity contribution >= 4 is 23.4 Å². The summed E-state index contributed by atoms with van der Waals surface area (Å²) < 4.78 is 5.93. The third kappa shape index (κ3) is 4.96. The number of carbonyl (C=O) groups excluding carboxylic acids is 2. The zero-order chi connectivity index (χ0) is 22.3. The molecule has 4 rings (SSSR count). The topological polar surface area (TPSA) is 43.4 Å². The maximum Gasteiger partial charge on any atom is 0.319 e. The van der Waals surface area contributed by atoms with Crippen molar-refractivity contribution in [1.82, 2.24) is 0 Å². The van der Waals surface area contributed by atoms with Crippen LogP contribution in [0.1, 0.15) is 39.1 Å². The van der Waals surface area contributed by atoms with Gasteiger partial charge in [-0.3, -0.25) is 9.59 Å². The van der Waals surface area contributed by atoms with Crippen molar-refractivity contribution in [3.63, 3.8) is 0 Å². The molecular formula is C28H21ClO3. The third-order valence-electron chi connectivity index (χ3n) is 5.20. The van der Waals surface area contributed by atoms with Crippen LogP contribution in [0.3, 0.4) is 0 Å². The number of hydrogen-bond donors (Lipinski definition) is 0. The highest BCUT2D eigenvalue weighted by Crippen LogP contribution is 2.31. The Labute approximate surface area is 192 Å². The molecule has 0 saturated carbocycles. The van der Waals surface area contributed by atoms with Crippen LogP contribution >= 0.6 is 11.6 Å². The van der Waals surface area contributed by atoms with Crippen molar-refractivity contribution in [3.05, 3.63) is 143 Å². The standard InChI is InChI=1S/C28H21ClO3/c29-24-18-16-23(17-19-24)27(26(30)22-14-8-3-9-15-22)32-28(31)25(20-10-4-1-5-11-20)21-12-6-2-7-13-21/h1-19,25,27H/t27-/m1/s1. The summed E-state index contributed by atoms with van der Waals surface area (Å²) in [7, 11) is 0. The lowest BCUT2D eigenvalue weighted by Gasteiger charge is -2.22. The van der Waals surface area contributed by atoms with Crippen LogP contribution in [0.4, 0.5) is 0 Å². The van der Waals surface area contributed by atoms with Crippen LogP contribution in [0.2, 0.25) is 5.02 Å². The van der Waals surface area contributed by atoms with E-state index in [1.807, 2.05) is 66.7 Å². The van der Waals surface area contributed by atoms with Gasteiger partial charge in [-0.1, -0.05) is 115 Å². The number of ether oxygens (including phenoxy) is 1. The summed E-state index contributed by atoms with van der Waals surface area (Å²) in [6.45, 7) is 0. The normalized spacial score (nSPS) is 11.7. The van der Waals surface area contributed by atoms with E-state index >= 15 is 0 Å². The summed E-state index contributed by atoms with van der Waals surface area (Å²) in [4.78, 5) is 26.9. The molecule has 4 heteroatoms. The van der Waals surface area contributed by atoms with Gasteiger partial charge in [-0.2, -0.15) is 0 Å². The van der Waals surface area contributed by atoms with Gasteiger partial charge in [-0.05, 0) is 23.3 Å². The largest absolute Gasteiger partial charge is 0.448 e. The lowest BCUT2D eigenvalue weighted by atomic mass is 9.91. The molecule has 32 heavy (non-hydrogen) atoms. The van der Waals surface area contributed by atoms with Crippen molar-refractivity contribution in [3.8, 4) is 0 Å². The molecule has 0 amide bonds. The van der Waals surface area contributed by atoms with Gasteiger partial charge in [-0.25, -0.2) is 0 Å². The van der Waals surface area contributed by atoms with Gasteiger partial charge in [0.15, 0.2) is 6.10 Å². The van der Waals surface area contributed by atoms with E-state index in [0.717, 1.165) is 11.1 Å². The molecule has 0 unspecified atom stereocenters. The predicted molar refractivity (Wildman–Crippen MR) is 126 cm³/mol. The number of hydrogen-bond acceptors (Lipinski definition) is 3. The van der Waals surface area contributed by atoms with E-state index in [4.69, 9.17) is 16.3 Å². The second-order valence-corrected chi connectivity index (χ2v) is 7.79. The molecule has 0 aliphatic carbocycles. The van der Waals surface area contributed by atoms with Crippen LogP contribution in [-0.4, -0.2) is 11.8 Å². The molecule has 0 aliphatic rings. The minimum Gasteiger partial charge on any atom is -0.448 e. The van der Waals surface area contributed by atoms with Crippen LogP contribution in [-0.2, 0) is 9.53 Å². The molecule has 0 aliphatic heterocycles. The molecule has 0 saturated heterocycles. The predicted octanol–water partition coefficient (Wildman–Crippen LogP) is 6.64. The van der Waals surface area contributed by atoms with Crippen LogP contribution in [0.25, 0.3) is 0 Å². The average Bonchev–Trinajstić information content (AvgIpc) is 2.85. The first-order chi connectivity index (χ1) is 15.6. The van der Waals surface area contributed by atoms with E-state index in [1.165, 1.54) is 0 Å². The van der Waals surface area contributed by atoms with E-state index in [9.17, 15) is 9.59 Å². The molecule has 0 heterocycles. The van der Waals surface area contributed by atoms with Crippen LogP contribution < -0.4 is 0 Å². The van der Waals surface area contributed by atoms with Gasteiger partial charge >= 0.3 is 5.97 Å². The Kier molecular flexibility index (Phi) is 6.78. The zero-order valence-corrected chi connectivity index (χ0v) is 18.0. The molecule has 0 aromatic heterocycles. The maximum absolute atomic E-state index is 13.5. The van der Waals surface area contributed by atoms with E-state index in [0.29, 0.717) is 16.1 Å². The van der Waals surface area contributed by atoms with E-state index in [2.05, 4.69) is 0 Å². The Morgan fingerprint density at radius 3 is 1.56 bits per heavy atom. The Balaban J connectivity index is 1.72. The van der Waals surface area contributed by atoms with Gasteiger partial charge in [0, 0.05) is 16.1 Å². The molecule has 0 radical (unpaired) electrons. The fourth-order valence-electron chi connectivity index (χ4n) is 3.60. The Bertz CT molecular complexity index is 1130. The van der Waals surface area contributed by atoms with Gasteiger partial charge in [0.1, 0.15) is 5.92 Å². The number of Topliss-reactive ketones (excluding diaryl/α,β-unsaturated/α-hetero) is 1. The summed E-state index contributed by atoms with van der Waals surface area (Å²) in [6, 6.07) is 34.5. The summed E-state index contributed by atoms with van der Waals surface area (Å²) in [6.07, 6.45) is -1.09. The van der Waals surface area contributed by atoms with Crippen LogP contribution in [0, 0.1) is 0 Å². The van der Waals surface area contributed by atoms with E-state index in [-0.39, 0.29) is 5.78 Å². The molecule has 4 aromatic carbocycles. The average molecular weight is 441 g/mol. The summed E-state index contributed by atoms with van der Waals surface area (Å²) >= 11 is 6.04. The summed E-state index contributed by atoms with van der Waals surface area (Å²) in [5.74, 6) is -1.44. The molecule has 0 N–H and O–H groups in total. The number of ketones is 1. The Morgan fingerprint density at radius 1 is 0.594 bits per heavy atom. The van der Waals surface area contributed by atoms with Gasteiger partial charge in [0.25, 0.3) is 0 Å². The van der Waals surface area contributed by atoms with Gasteiger partial charge < -0.3 is 4.74 Å². The fraction of sp³-hybridized carbons (Fsp3) is 0.0714. The smallest absolute Gasteiger partial charge is 0.319 e. The monoisotopic (exact) mass is 440 g/mol. The number of halogens is 1. The van der Waals surface area contributed by atoms with Crippen LogP contribution in [0.15, 0.2) is 115 Å². The fourth-order valence-corrected chi connectivity index (χ4v) is 3.73. The van der Waals surface area contributed by atoms with Crippen molar-refractivity contribution in [1.29, 1.82) is 0 Å². The van der Waals surface area contributed by atoms with Crippen LogP contribution in [0.5, 0.6) is 0 Å². The van der Waals surface area contributed by atoms with Crippen molar-refractivity contribution in [2.75, 3.05) is 0 Å². The number of esters is 1. The maximum atomic E-state index is 13.5.